The van der Waals surface area contributed by atoms with Crippen LogP contribution in [0.2, 0.25) is 0 Å². The molecule has 14 heavy (non-hydrogen) atoms. The van der Waals surface area contributed by atoms with Crippen molar-refractivity contribution in [2.75, 3.05) is 4.43 Å². The van der Waals surface area contributed by atoms with Crippen LogP contribution in [0.15, 0.2) is 30.3 Å². The Balaban J connectivity index is 2.84. The first-order valence-corrected chi connectivity index (χ1v) is 6.36. The van der Waals surface area contributed by atoms with Crippen molar-refractivity contribution in [1.82, 2.24) is 0 Å². The van der Waals surface area contributed by atoms with Gasteiger partial charge in [-0.15, -0.1) is 12.3 Å². The molecule has 0 amide bonds. The van der Waals surface area contributed by atoms with Gasteiger partial charge in [-0.3, -0.25) is 0 Å². The summed E-state index contributed by atoms with van der Waals surface area (Å²) in [5.74, 6) is 3.94. The molecule has 0 saturated carbocycles. The van der Waals surface area contributed by atoms with Crippen LogP contribution in [-0.2, 0) is 0 Å². The molecule has 1 rings (SSSR count). The van der Waals surface area contributed by atoms with Crippen LogP contribution < -0.4 is 0 Å². The summed E-state index contributed by atoms with van der Waals surface area (Å²) < 4.78 is 1.15. The summed E-state index contributed by atoms with van der Waals surface area (Å²) in [5, 5.41) is 0. The monoisotopic (exact) mass is 298 g/mol. The lowest BCUT2D eigenvalue weighted by Gasteiger charge is -2.20. The van der Waals surface area contributed by atoms with Gasteiger partial charge in [-0.2, -0.15) is 0 Å². The van der Waals surface area contributed by atoms with Crippen molar-refractivity contribution in [3.8, 4) is 12.3 Å². The van der Waals surface area contributed by atoms with Crippen LogP contribution in [-0.4, -0.2) is 4.43 Å². The van der Waals surface area contributed by atoms with E-state index in [2.05, 4.69) is 59.7 Å². The Morgan fingerprint density at radius 3 is 2.50 bits per heavy atom. The average Bonchev–Trinajstić information content (AvgIpc) is 2.26. The molecule has 0 fully saturated rings. The lowest BCUT2D eigenvalue weighted by Crippen LogP contribution is -2.10. The summed E-state index contributed by atoms with van der Waals surface area (Å²) in [7, 11) is 0. The van der Waals surface area contributed by atoms with Crippen LogP contribution in [0, 0.1) is 18.3 Å². The quantitative estimate of drug-likeness (QED) is 0.450. The van der Waals surface area contributed by atoms with Gasteiger partial charge < -0.3 is 0 Å². The number of halogens is 1. The minimum Gasteiger partial charge on any atom is -0.120 e. The molecule has 0 aromatic heterocycles. The normalized spacial score (nSPS) is 14.4. The fourth-order valence-electron chi connectivity index (χ4n) is 1.58. The molecule has 0 nitrogen and oxygen atoms in total. The molecule has 0 aliphatic carbocycles. The van der Waals surface area contributed by atoms with E-state index in [0.717, 1.165) is 10.8 Å². The van der Waals surface area contributed by atoms with Crippen molar-refractivity contribution in [2.45, 2.75) is 19.3 Å². The van der Waals surface area contributed by atoms with Crippen molar-refractivity contribution >= 4 is 22.6 Å². The Kier molecular flexibility index (Phi) is 5.03. The van der Waals surface area contributed by atoms with Crippen molar-refractivity contribution < 1.29 is 0 Å². The molecule has 74 valence electrons. The standard InChI is InChI=1S/C13H15I/c1-3-7-13(11(2)10-14)12-8-5-4-6-9-12/h1,4-6,8-9,11,13H,7,10H2,2H3/t11-,13+/m0/s1. The van der Waals surface area contributed by atoms with Gasteiger partial charge in [-0.25, -0.2) is 0 Å². The lowest BCUT2D eigenvalue weighted by molar-refractivity contribution is 0.522. The van der Waals surface area contributed by atoms with Gasteiger partial charge in [0.2, 0.25) is 0 Å². The van der Waals surface area contributed by atoms with Gasteiger partial charge in [0.15, 0.2) is 0 Å². The third-order valence-electron chi connectivity index (χ3n) is 2.50. The second-order valence-corrected chi connectivity index (χ2v) is 4.44. The maximum Gasteiger partial charge on any atom is 0.0158 e. The van der Waals surface area contributed by atoms with E-state index in [0.29, 0.717) is 11.8 Å². The lowest BCUT2D eigenvalue weighted by atomic mass is 9.86. The zero-order valence-corrected chi connectivity index (χ0v) is 10.6. The molecule has 0 heterocycles. The first-order valence-electron chi connectivity index (χ1n) is 4.84. The Morgan fingerprint density at radius 1 is 1.36 bits per heavy atom. The predicted molar refractivity (Wildman–Crippen MR) is 70.7 cm³/mol. The molecule has 0 bridgehead atoms. The highest BCUT2D eigenvalue weighted by Crippen LogP contribution is 2.28. The highest BCUT2D eigenvalue weighted by molar-refractivity contribution is 14.1. The molecule has 0 aliphatic heterocycles. The van der Waals surface area contributed by atoms with Crippen LogP contribution in [0.1, 0.15) is 24.8 Å². The molecular weight excluding hydrogens is 283 g/mol. The van der Waals surface area contributed by atoms with Crippen LogP contribution in [0.25, 0.3) is 0 Å². The maximum absolute atomic E-state index is 5.41. The topological polar surface area (TPSA) is 0 Å². The molecule has 0 spiro atoms. The second-order valence-electron chi connectivity index (χ2n) is 3.56. The van der Waals surface area contributed by atoms with Crippen molar-refractivity contribution in [1.29, 1.82) is 0 Å². The first-order chi connectivity index (χ1) is 6.79. The fraction of sp³-hybridized carbons (Fsp3) is 0.385. The van der Waals surface area contributed by atoms with Crippen LogP contribution in [0.3, 0.4) is 0 Å². The highest BCUT2D eigenvalue weighted by atomic mass is 127. The molecule has 0 saturated heterocycles. The van der Waals surface area contributed by atoms with Gasteiger partial charge >= 0.3 is 0 Å². The number of terminal acetylenes is 1. The number of hydrogen-bond donors (Lipinski definition) is 0. The summed E-state index contributed by atoms with van der Waals surface area (Å²) in [6.07, 6.45) is 6.25. The summed E-state index contributed by atoms with van der Waals surface area (Å²) >= 11 is 2.43. The molecular formula is C13H15I. The van der Waals surface area contributed by atoms with Gasteiger partial charge in [-0.1, -0.05) is 59.8 Å². The molecule has 1 aromatic carbocycles. The largest absolute Gasteiger partial charge is 0.120 e. The molecule has 0 aliphatic rings. The molecule has 0 radical (unpaired) electrons. The van der Waals surface area contributed by atoms with E-state index < -0.39 is 0 Å². The number of alkyl halides is 1. The highest BCUT2D eigenvalue weighted by Gasteiger charge is 2.16. The number of hydrogen-bond acceptors (Lipinski definition) is 0. The van der Waals surface area contributed by atoms with Gasteiger partial charge in [0, 0.05) is 10.8 Å². The molecule has 2 atom stereocenters. The van der Waals surface area contributed by atoms with Crippen LogP contribution in [0.4, 0.5) is 0 Å². The predicted octanol–water partition coefficient (Wildman–Crippen LogP) is 3.86. The summed E-state index contributed by atoms with van der Waals surface area (Å²) in [4.78, 5) is 0. The zero-order valence-electron chi connectivity index (χ0n) is 8.41. The Bertz CT molecular complexity index is 297. The third kappa shape index (κ3) is 3.02. The Labute approximate surface area is 100 Å². The second kappa shape index (κ2) is 6.08. The number of benzene rings is 1. The summed E-state index contributed by atoms with van der Waals surface area (Å²) in [6, 6.07) is 10.6. The fourth-order valence-corrected chi connectivity index (χ4v) is 2.20. The van der Waals surface area contributed by atoms with E-state index in [-0.39, 0.29) is 0 Å². The van der Waals surface area contributed by atoms with Gasteiger partial charge in [-0.05, 0) is 17.4 Å². The van der Waals surface area contributed by atoms with Crippen molar-refractivity contribution in [2.24, 2.45) is 5.92 Å². The van der Waals surface area contributed by atoms with Crippen molar-refractivity contribution in [3.63, 3.8) is 0 Å². The Hall–Kier alpha value is -0.490. The summed E-state index contributed by atoms with van der Waals surface area (Å²) in [5.41, 5.74) is 1.37. The van der Waals surface area contributed by atoms with E-state index in [1.807, 2.05) is 6.07 Å². The smallest absolute Gasteiger partial charge is 0.0158 e. The van der Waals surface area contributed by atoms with E-state index in [1.54, 1.807) is 0 Å². The Morgan fingerprint density at radius 2 is 2.00 bits per heavy atom. The molecule has 1 heteroatoms. The number of rotatable bonds is 4. The van der Waals surface area contributed by atoms with Crippen LogP contribution >= 0.6 is 22.6 Å². The minimum atomic E-state index is 0.512. The van der Waals surface area contributed by atoms with E-state index in [1.165, 1.54) is 5.56 Å². The van der Waals surface area contributed by atoms with Crippen molar-refractivity contribution in [3.05, 3.63) is 35.9 Å². The van der Waals surface area contributed by atoms with E-state index >= 15 is 0 Å². The molecule has 0 N–H and O–H groups in total. The van der Waals surface area contributed by atoms with E-state index in [9.17, 15) is 0 Å². The SMILES string of the molecule is C#CC[C@@H](c1ccccc1)[C@@H](C)CI. The summed E-state index contributed by atoms with van der Waals surface area (Å²) in [6.45, 7) is 2.27. The van der Waals surface area contributed by atoms with E-state index in [4.69, 9.17) is 6.42 Å². The van der Waals surface area contributed by atoms with Crippen LogP contribution in [0.5, 0.6) is 0 Å². The van der Waals surface area contributed by atoms with Gasteiger partial charge in [0.25, 0.3) is 0 Å². The molecule has 0 unspecified atom stereocenters. The first kappa shape index (κ1) is 11.6. The average molecular weight is 298 g/mol. The molecule has 1 aromatic rings. The zero-order chi connectivity index (χ0) is 10.4. The van der Waals surface area contributed by atoms with Gasteiger partial charge in [0.05, 0.1) is 0 Å². The third-order valence-corrected chi connectivity index (χ3v) is 3.89. The maximum atomic E-state index is 5.41. The minimum absolute atomic E-state index is 0.512. The van der Waals surface area contributed by atoms with Gasteiger partial charge in [0.1, 0.15) is 0 Å².